The van der Waals surface area contributed by atoms with Crippen LogP contribution < -0.4 is 22.1 Å². The summed E-state index contributed by atoms with van der Waals surface area (Å²) in [7, 11) is 0. The van der Waals surface area contributed by atoms with E-state index in [0.29, 0.717) is 74.1 Å². The lowest BCUT2D eigenvalue weighted by atomic mass is 9.16. The van der Waals surface area contributed by atoms with Gasteiger partial charge >= 0.3 is 5.97 Å². The highest BCUT2D eigenvalue weighted by Gasteiger charge is 2.94. The Labute approximate surface area is 362 Å². The largest absolute Gasteiger partial charge is 0.478 e. The summed E-state index contributed by atoms with van der Waals surface area (Å²) in [5, 5.41) is 19.1. The van der Waals surface area contributed by atoms with Crippen LogP contribution in [0.5, 0.6) is 0 Å². The summed E-state index contributed by atoms with van der Waals surface area (Å²) >= 11 is 15.2. The third kappa shape index (κ3) is 5.25. The van der Waals surface area contributed by atoms with Crippen molar-refractivity contribution < 1.29 is 18.7 Å². The van der Waals surface area contributed by atoms with Crippen molar-refractivity contribution in [3.05, 3.63) is 126 Å². The van der Waals surface area contributed by atoms with Crippen molar-refractivity contribution in [3.63, 3.8) is 0 Å². The van der Waals surface area contributed by atoms with E-state index in [1.165, 1.54) is 30.4 Å². The summed E-state index contributed by atoms with van der Waals surface area (Å²) in [6, 6.07) is 22.8. The number of carbonyl (C=O) groups is 1. The Balaban J connectivity index is 1.02. The van der Waals surface area contributed by atoms with Crippen LogP contribution >= 0.6 is 35.8 Å². The van der Waals surface area contributed by atoms with Crippen molar-refractivity contribution >= 4 is 87.0 Å². The van der Waals surface area contributed by atoms with Crippen molar-refractivity contribution in [1.29, 1.82) is 0 Å². The van der Waals surface area contributed by atoms with E-state index < -0.39 is 17.0 Å². The lowest BCUT2D eigenvalue weighted by molar-refractivity contribution is -0.396. The predicted molar refractivity (Wildman–Crippen MR) is 243 cm³/mol. The summed E-state index contributed by atoms with van der Waals surface area (Å²) in [6.07, 6.45) is 5.90. The molecule has 0 heterocycles. The Morgan fingerprint density at radius 3 is 2.05 bits per heavy atom. The van der Waals surface area contributed by atoms with Crippen molar-refractivity contribution in [2.24, 2.45) is 52.3 Å². The second-order valence-electron chi connectivity index (χ2n) is 18.1. The molecular formula is C47H48Cl2N4O4S2. The number of aromatic carboxylic acids is 1. The zero-order chi connectivity index (χ0) is 41.4. The number of hydrogen-bond donors (Lipinski definition) is 7. The molecule has 0 amide bonds. The summed E-state index contributed by atoms with van der Waals surface area (Å²) in [5.41, 5.74) is 21.6. The molecule has 11 atom stereocenters. The average Bonchev–Trinajstić information content (AvgIpc) is 3.60. The van der Waals surface area contributed by atoms with Gasteiger partial charge in [-0.15, -0.1) is 12.6 Å². The summed E-state index contributed by atoms with van der Waals surface area (Å²) in [4.78, 5) is 14.5. The molecule has 4 aromatic carbocycles. The van der Waals surface area contributed by atoms with Gasteiger partial charge in [-0.2, -0.15) is 0 Å². The van der Waals surface area contributed by atoms with Gasteiger partial charge in [-0.1, -0.05) is 47.5 Å². The van der Waals surface area contributed by atoms with E-state index in [-0.39, 0.29) is 32.9 Å². The number of rotatable bonds is 11. The van der Waals surface area contributed by atoms with Gasteiger partial charge in [0.25, 0.3) is 0 Å². The average molecular weight is 868 g/mol. The Hall–Kier alpha value is -3.93. The van der Waals surface area contributed by atoms with Gasteiger partial charge in [0.15, 0.2) is 11.1 Å². The number of nitrogens with one attached hydrogen (secondary N) is 2. The van der Waals surface area contributed by atoms with Crippen molar-refractivity contribution in [1.82, 2.24) is 0 Å². The number of anilines is 4. The van der Waals surface area contributed by atoms with E-state index in [1.807, 2.05) is 25.1 Å². The minimum absolute atomic E-state index is 0.0806. The molecule has 4 aromatic rings. The number of halogens is 2. The number of nitrogen functional groups attached to an aromatic ring is 2. The number of thiol groups is 1. The number of carboxylic acids is 1. The van der Waals surface area contributed by atoms with Crippen molar-refractivity contribution in [2.45, 2.75) is 58.8 Å². The maximum Gasteiger partial charge on any atom is 0.338 e. The van der Waals surface area contributed by atoms with Crippen LogP contribution in [0.1, 0.15) is 83.6 Å². The minimum atomic E-state index is -2.35. The minimum Gasteiger partial charge on any atom is -0.478 e. The van der Waals surface area contributed by atoms with Crippen LogP contribution in [0.4, 0.5) is 22.7 Å². The van der Waals surface area contributed by atoms with Crippen LogP contribution in [0.15, 0.2) is 82.6 Å². The standard InChI is InChI=1S/C47H48Cl2N4O4S2/c1-21-24(6-4-8-39(21)52-43(22(2)58)32-19-27(48)10-12-37(32)50)14-34-30-15-25-17-35-36-18-26-16-31(30)42(47(26,36)46(25,34)35)29-7-5-9-40(41(29)45(54)55)53-44(23(3)59(56)57)33-20-28(49)11-13-38(33)51/h4-13,19-20,25-26,30-31,34-36,42,52-53,58H,14-18,50-51H2,1-3H3,(H,54,55)(H,56,57)/b43-22-,44-23-/t25?,26?,30?,31?,34?,35?,36?,42-,46?,47?/m1/s1. The molecule has 4 bridgehead atoms. The van der Waals surface area contributed by atoms with E-state index in [0.717, 1.165) is 40.3 Å². The number of benzene rings is 4. The number of allylic oxidation sites excluding steroid dienone is 2. The zero-order valence-electron chi connectivity index (χ0n) is 33.1. The molecule has 0 radical (unpaired) electrons. The highest BCUT2D eigenvalue weighted by atomic mass is 35.5. The molecule has 6 aliphatic rings. The Morgan fingerprint density at radius 1 is 0.831 bits per heavy atom. The fourth-order valence-electron chi connectivity index (χ4n) is 14.5. The molecule has 6 saturated carbocycles. The van der Waals surface area contributed by atoms with E-state index in [2.05, 4.69) is 41.8 Å². The quantitative estimate of drug-likeness (QED) is 0.0447. The highest BCUT2D eigenvalue weighted by molar-refractivity contribution is 7.84. The number of carboxylic acid groups (broad SMARTS) is 1. The maximum atomic E-state index is 13.6. The summed E-state index contributed by atoms with van der Waals surface area (Å²) < 4.78 is 22.8. The molecule has 0 saturated heterocycles. The van der Waals surface area contributed by atoms with Gasteiger partial charge in [0.05, 0.1) is 27.6 Å². The van der Waals surface area contributed by atoms with Crippen LogP contribution in [0.25, 0.3) is 11.4 Å². The Bertz CT molecular complexity index is 2580. The van der Waals surface area contributed by atoms with E-state index in [4.69, 9.17) is 47.3 Å². The molecule has 59 heavy (non-hydrogen) atoms. The second-order valence-corrected chi connectivity index (χ2v) is 20.7. The smallest absolute Gasteiger partial charge is 0.338 e. The Kier molecular flexibility index (Phi) is 9.17. The van der Waals surface area contributed by atoms with E-state index in [9.17, 15) is 18.7 Å². The predicted octanol–water partition coefficient (Wildman–Crippen LogP) is 11.2. The first kappa shape index (κ1) is 39.2. The molecule has 10 unspecified atom stereocenters. The third-order valence-electron chi connectivity index (χ3n) is 16.2. The SMILES string of the molecule is C/C(S)=C(/Nc1cccc(CC2C3CC4CC5C6CC7CC3[C@@H](c3cccc(N/C(=C(/C)S(=O)O)c8cc(Cl)ccc8N)c3C(=O)O)C76C425)c1C)c1cc(Cl)ccc1N. The first-order valence-corrected chi connectivity index (χ1v) is 22.8. The molecule has 0 aromatic heterocycles. The summed E-state index contributed by atoms with van der Waals surface area (Å²) in [5.74, 6) is 3.09. The van der Waals surface area contributed by atoms with Crippen molar-refractivity contribution in [3.8, 4) is 0 Å². The summed E-state index contributed by atoms with van der Waals surface area (Å²) in [6.45, 7) is 5.71. The number of fused-ring (bicyclic) bond motifs is 4. The first-order chi connectivity index (χ1) is 28.2. The fraction of sp³-hybridized carbons (Fsp3) is 0.383. The molecule has 8 N–H and O–H groups in total. The first-order valence-electron chi connectivity index (χ1n) is 20.5. The number of hydrogen-bond acceptors (Lipinski definition) is 7. The lowest BCUT2D eigenvalue weighted by Gasteiger charge is -2.87. The molecule has 12 heteroatoms. The Morgan fingerprint density at radius 2 is 1.41 bits per heavy atom. The molecule has 8 nitrogen and oxygen atoms in total. The van der Waals surface area contributed by atoms with Gasteiger partial charge in [-0.25, -0.2) is 9.00 Å². The molecule has 10 rings (SSSR count). The molecule has 0 aliphatic heterocycles. The number of nitrogens with two attached hydrogens (primary N) is 2. The molecular weight excluding hydrogens is 820 g/mol. The van der Waals surface area contributed by atoms with Gasteiger partial charge < -0.3 is 31.8 Å². The lowest BCUT2D eigenvalue weighted by Crippen LogP contribution is -2.83. The zero-order valence-corrected chi connectivity index (χ0v) is 36.3. The second kappa shape index (κ2) is 13.8. The molecule has 6 aliphatic carbocycles. The highest BCUT2D eigenvalue weighted by Crippen LogP contribution is 3.00. The monoisotopic (exact) mass is 866 g/mol. The van der Waals surface area contributed by atoms with Gasteiger partial charge in [0.2, 0.25) is 0 Å². The van der Waals surface area contributed by atoms with E-state index >= 15 is 0 Å². The van der Waals surface area contributed by atoms with Gasteiger partial charge in [0, 0.05) is 43.1 Å². The van der Waals surface area contributed by atoms with E-state index in [1.54, 1.807) is 37.3 Å². The normalized spacial score (nSPS) is 32.7. The van der Waals surface area contributed by atoms with Crippen LogP contribution in [0, 0.1) is 59.2 Å². The van der Waals surface area contributed by atoms with Crippen LogP contribution in [-0.2, 0) is 17.5 Å². The van der Waals surface area contributed by atoms with Crippen LogP contribution in [-0.4, -0.2) is 19.8 Å². The van der Waals surface area contributed by atoms with Gasteiger partial charge in [-0.3, -0.25) is 0 Å². The van der Waals surface area contributed by atoms with Crippen molar-refractivity contribution in [2.75, 3.05) is 22.1 Å². The third-order valence-corrected chi connectivity index (χ3v) is 17.6. The van der Waals surface area contributed by atoms with Crippen LogP contribution in [0.2, 0.25) is 10.0 Å². The topological polar surface area (TPSA) is 151 Å². The maximum absolute atomic E-state index is 13.6. The van der Waals surface area contributed by atoms with Gasteiger partial charge in [-0.05, 0) is 176 Å². The van der Waals surface area contributed by atoms with Gasteiger partial charge in [0.1, 0.15) is 0 Å². The molecule has 6 fully saturated rings. The molecule has 2 spiro atoms. The molecule has 306 valence electrons. The fourth-order valence-corrected chi connectivity index (χ4v) is 15.4. The van der Waals surface area contributed by atoms with Crippen LogP contribution in [0.3, 0.4) is 0 Å².